The Morgan fingerprint density at radius 2 is 1.82 bits per heavy atom. The zero-order chi connectivity index (χ0) is 27.9. The molecule has 2 heterocycles. The summed E-state index contributed by atoms with van der Waals surface area (Å²) in [6.07, 6.45) is 6.05. The highest BCUT2D eigenvalue weighted by molar-refractivity contribution is 7.84. The van der Waals surface area contributed by atoms with Crippen LogP contribution in [0, 0.1) is 11.2 Å². The molecular weight excluding hydrogens is 511 g/mol. The van der Waals surface area contributed by atoms with Gasteiger partial charge in [0, 0.05) is 57.0 Å². The lowest BCUT2D eigenvalue weighted by Crippen LogP contribution is -2.27. The molecule has 0 radical (unpaired) electrons. The van der Waals surface area contributed by atoms with Crippen LogP contribution in [-0.2, 0) is 15.5 Å². The maximum absolute atomic E-state index is 13.5. The molecule has 2 unspecified atom stereocenters. The Balaban J connectivity index is 0.000000333. The molecule has 0 bridgehead atoms. The van der Waals surface area contributed by atoms with Gasteiger partial charge in [0.25, 0.3) is 0 Å². The normalized spacial score (nSPS) is 15.9. The van der Waals surface area contributed by atoms with E-state index in [1.54, 1.807) is 18.4 Å². The predicted octanol–water partition coefficient (Wildman–Crippen LogP) is 7.11. The quantitative estimate of drug-likeness (QED) is 0.224. The minimum Gasteiger partial charge on any atom is -0.383 e. The molecule has 3 aromatic carbocycles. The van der Waals surface area contributed by atoms with Crippen LogP contribution >= 0.6 is 0 Å². The molecule has 8 heteroatoms. The van der Waals surface area contributed by atoms with Crippen LogP contribution in [0.4, 0.5) is 15.9 Å². The van der Waals surface area contributed by atoms with Gasteiger partial charge in [0.2, 0.25) is 0 Å². The molecule has 1 aromatic heterocycles. The molecule has 5 rings (SSSR count). The summed E-state index contributed by atoms with van der Waals surface area (Å²) in [5.41, 5.74) is 10.6. The molecule has 39 heavy (non-hydrogen) atoms. The van der Waals surface area contributed by atoms with Crippen molar-refractivity contribution >= 4 is 39.3 Å². The number of fused-ring (bicyclic) bond motifs is 1. The maximum atomic E-state index is 13.5. The van der Waals surface area contributed by atoms with Crippen LogP contribution in [-0.4, -0.2) is 34.5 Å². The number of benzene rings is 3. The van der Waals surface area contributed by atoms with Crippen LogP contribution in [0.2, 0.25) is 0 Å². The van der Waals surface area contributed by atoms with E-state index in [1.807, 2.05) is 42.5 Å². The molecule has 1 aliphatic heterocycles. The molecule has 2 atom stereocenters. The Kier molecular flexibility index (Phi) is 9.43. The first kappa shape index (κ1) is 28.4. The van der Waals surface area contributed by atoms with Crippen LogP contribution in [0.15, 0.2) is 71.6 Å². The number of nitrogens with two attached hydrogens (primary N) is 1. The molecule has 1 fully saturated rings. The number of hydrogen-bond acceptors (Lipinski definition) is 6. The van der Waals surface area contributed by atoms with Crippen molar-refractivity contribution in [1.82, 2.24) is 4.98 Å². The molecule has 0 amide bonds. The lowest BCUT2D eigenvalue weighted by molar-refractivity contribution is 0.0343. The van der Waals surface area contributed by atoms with E-state index in [0.29, 0.717) is 5.82 Å². The number of anilines is 2. The lowest BCUT2D eigenvalue weighted by Gasteiger charge is -2.26. The summed E-state index contributed by atoms with van der Waals surface area (Å²) >= 11 is 0. The van der Waals surface area contributed by atoms with Gasteiger partial charge in [-0.25, -0.2) is 9.37 Å². The summed E-state index contributed by atoms with van der Waals surface area (Å²) in [5, 5.41) is 13.1. The van der Waals surface area contributed by atoms with Crippen LogP contribution in [0.1, 0.15) is 50.3 Å². The molecule has 6 nitrogen and oxygen atoms in total. The Morgan fingerprint density at radius 3 is 2.38 bits per heavy atom. The summed E-state index contributed by atoms with van der Waals surface area (Å²) in [4.78, 5) is 5.60. The molecule has 1 saturated heterocycles. The average molecular weight is 547 g/mol. The number of rotatable bonds is 6. The van der Waals surface area contributed by atoms with Gasteiger partial charge in [-0.2, -0.15) is 0 Å². The minimum absolute atomic E-state index is 0.0735. The summed E-state index contributed by atoms with van der Waals surface area (Å²) in [5.74, 6) is 0.300. The lowest BCUT2D eigenvalue weighted by atomic mass is 9.91. The number of hydrogen-bond donors (Lipinski definition) is 3. The second kappa shape index (κ2) is 13.0. The number of aromatic nitrogens is 1. The Morgan fingerprint density at radius 1 is 1.10 bits per heavy atom. The smallest absolute Gasteiger partial charge is 0.131 e. The highest BCUT2D eigenvalue weighted by Crippen LogP contribution is 2.39. The third kappa shape index (κ3) is 6.88. The van der Waals surface area contributed by atoms with E-state index in [0.717, 1.165) is 69.6 Å². The number of halogens is 1. The molecule has 1 aliphatic rings. The number of ether oxygens (including phenoxy) is 1. The fourth-order valence-corrected chi connectivity index (χ4v) is 5.18. The van der Waals surface area contributed by atoms with Crippen LogP contribution < -0.4 is 11.1 Å². The van der Waals surface area contributed by atoms with Gasteiger partial charge in [0.15, 0.2) is 0 Å². The average Bonchev–Trinajstić information content (AvgIpc) is 2.95. The minimum atomic E-state index is -0.829. The van der Waals surface area contributed by atoms with Crippen molar-refractivity contribution in [2.45, 2.75) is 50.2 Å². The van der Waals surface area contributed by atoms with Crippen molar-refractivity contribution in [3.05, 3.63) is 83.8 Å². The second-order valence-corrected chi connectivity index (χ2v) is 11.2. The van der Waals surface area contributed by atoms with E-state index < -0.39 is 10.8 Å². The van der Waals surface area contributed by atoms with Crippen LogP contribution in [0.3, 0.4) is 0 Å². The summed E-state index contributed by atoms with van der Waals surface area (Å²) in [6.45, 7) is 4.87. The predicted molar refractivity (Wildman–Crippen MR) is 160 cm³/mol. The van der Waals surface area contributed by atoms with Gasteiger partial charge in [0.05, 0.1) is 5.69 Å². The van der Waals surface area contributed by atoms with Gasteiger partial charge in [0.1, 0.15) is 17.9 Å². The van der Waals surface area contributed by atoms with Gasteiger partial charge < -0.3 is 21.2 Å². The highest BCUT2D eigenvalue weighted by atomic mass is 32.2. The van der Waals surface area contributed by atoms with Crippen molar-refractivity contribution in [2.75, 3.05) is 23.9 Å². The number of nitrogens with zero attached hydrogens (tertiary/aromatic N) is 1. The van der Waals surface area contributed by atoms with E-state index in [2.05, 4.69) is 19.2 Å². The largest absolute Gasteiger partial charge is 0.383 e. The zero-order valence-electron chi connectivity index (χ0n) is 22.5. The third-order valence-electron chi connectivity index (χ3n) is 6.64. The van der Waals surface area contributed by atoms with Crippen molar-refractivity contribution in [1.29, 1.82) is 5.41 Å². The van der Waals surface area contributed by atoms with Crippen molar-refractivity contribution in [3.8, 4) is 11.1 Å². The van der Waals surface area contributed by atoms with Gasteiger partial charge in [-0.15, -0.1) is 0 Å². The molecular formula is C31H35FN4O2S. The van der Waals surface area contributed by atoms with Crippen molar-refractivity contribution < 1.29 is 13.3 Å². The first-order valence-electron chi connectivity index (χ1n) is 13.1. The summed E-state index contributed by atoms with van der Waals surface area (Å²) < 4.78 is 30.1. The molecule has 4 aromatic rings. The number of nitrogens with one attached hydrogen (secondary N) is 2. The molecule has 0 spiro atoms. The number of nitrogen functional groups attached to an aromatic ring is 1. The van der Waals surface area contributed by atoms with Gasteiger partial charge in [-0.3, -0.25) is 4.21 Å². The Bertz CT molecular complexity index is 1450. The molecule has 0 aliphatic carbocycles. The van der Waals surface area contributed by atoms with Crippen LogP contribution in [0.5, 0.6) is 0 Å². The van der Waals surface area contributed by atoms with Gasteiger partial charge >= 0.3 is 0 Å². The highest BCUT2D eigenvalue weighted by Gasteiger charge is 2.20. The van der Waals surface area contributed by atoms with Gasteiger partial charge in [-0.1, -0.05) is 44.2 Å². The van der Waals surface area contributed by atoms with E-state index in [-0.39, 0.29) is 18.0 Å². The van der Waals surface area contributed by atoms with E-state index >= 15 is 0 Å². The third-order valence-corrected chi connectivity index (χ3v) is 7.57. The molecule has 204 valence electrons. The fourth-order valence-electron chi connectivity index (χ4n) is 4.64. The second-order valence-electron chi connectivity index (χ2n) is 9.81. The van der Waals surface area contributed by atoms with Gasteiger partial charge in [-0.05, 0) is 72.5 Å². The maximum Gasteiger partial charge on any atom is 0.131 e. The first-order valence-corrected chi connectivity index (χ1v) is 14.6. The Hall–Kier alpha value is -3.62. The van der Waals surface area contributed by atoms with E-state index in [9.17, 15) is 8.60 Å². The number of pyridine rings is 1. The summed E-state index contributed by atoms with van der Waals surface area (Å²) in [7, 11) is -0.829. The SMILES string of the molecule is CC(C)c1nc(N)c2cc(NC3CCCCO3)c(C=N)cc2c1-c1ccc(F)cc1.CS(=O)c1ccccc1. The van der Waals surface area contributed by atoms with E-state index in [4.69, 9.17) is 20.9 Å². The van der Waals surface area contributed by atoms with Crippen LogP contribution in [0.25, 0.3) is 21.9 Å². The molecule has 4 N–H and O–H groups in total. The topological polar surface area (TPSA) is 101 Å². The van der Waals surface area contributed by atoms with Crippen molar-refractivity contribution in [2.24, 2.45) is 0 Å². The van der Waals surface area contributed by atoms with E-state index in [1.165, 1.54) is 18.3 Å². The standard InChI is InChI=1S/C24H27FN4O.C7H8OS/c1-14(2)23-22(15-6-8-17(25)9-7-15)18-11-16(13-26)20(12-19(18)24(27)29-23)28-21-5-3-4-10-30-21;1-9(8)7-5-3-2-4-6-7/h6-9,11-14,21,26,28H,3-5,10H2,1-2H3,(H2,27,29);2-6H,1H3. The zero-order valence-corrected chi connectivity index (χ0v) is 23.4. The van der Waals surface area contributed by atoms with Crippen molar-refractivity contribution in [3.63, 3.8) is 0 Å². The fraction of sp³-hybridized carbons (Fsp3) is 0.290. The Labute approximate surface area is 231 Å². The monoisotopic (exact) mass is 546 g/mol. The molecule has 0 saturated carbocycles. The first-order chi connectivity index (χ1) is 18.8. The summed E-state index contributed by atoms with van der Waals surface area (Å²) in [6, 6.07) is 19.8.